The molecule has 0 aliphatic heterocycles. The van der Waals surface area contributed by atoms with Crippen LogP contribution in [0, 0.1) is 0 Å². The van der Waals surface area contributed by atoms with Crippen molar-refractivity contribution in [3.05, 3.63) is 99.8 Å². The van der Waals surface area contributed by atoms with E-state index >= 15 is 0 Å². The van der Waals surface area contributed by atoms with Gasteiger partial charge in [-0.3, -0.25) is 4.79 Å². The summed E-state index contributed by atoms with van der Waals surface area (Å²) in [5.74, 6) is 0. The van der Waals surface area contributed by atoms with Crippen molar-refractivity contribution < 1.29 is 9.84 Å². The van der Waals surface area contributed by atoms with Gasteiger partial charge in [-0.25, -0.2) is 4.68 Å². The molecular formula is C24H21ClN2O3. The molecule has 0 aliphatic rings. The van der Waals surface area contributed by atoms with E-state index in [1.54, 1.807) is 18.2 Å². The summed E-state index contributed by atoms with van der Waals surface area (Å²) in [7, 11) is 0. The van der Waals surface area contributed by atoms with Crippen LogP contribution in [0.2, 0.25) is 5.02 Å². The third kappa shape index (κ3) is 4.60. The van der Waals surface area contributed by atoms with E-state index in [1.807, 2.05) is 60.7 Å². The first-order valence-corrected chi connectivity index (χ1v) is 10.0. The molecule has 1 N–H and O–H groups in total. The van der Waals surface area contributed by atoms with Gasteiger partial charge in [-0.15, -0.1) is 0 Å². The van der Waals surface area contributed by atoms with Crippen LogP contribution in [0.25, 0.3) is 22.0 Å². The Morgan fingerprint density at radius 1 is 0.933 bits per heavy atom. The summed E-state index contributed by atoms with van der Waals surface area (Å²) in [5, 5.41) is 17.0. The van der Waals surface area contributed by atoms with E-state index in [-0.39, 0.29) is 18.7 Å². The van der Waals surface area contributed by atoms with Crippen LogP contribution in [0.5, 0.6) is 0 Å². The Kier molecular flexibility index (Phi) is 6.23. The summed E-state index contributed by atoms with van der Waals surface area (Å²) in [4.78, 5) is 12.9. The van der Waals surface area contributed by atoms with Gasteiger partial charge in [0.15, 0.2) is 0 Å². The van der Waals surface area contributed by atoms with E-state index < -0.39 is 6.10 Å². The molecule has 3 aromatic carbocycles. The molecule has 5 nitrogen and oxygen atoms in total. The highest BCUT2D eigenvalue weighted by Gasteiger charge is 2.14. The molecule has 0 amide bonds. The molecule has 0 saturated carbocycles. The summed E-state index contributed by atoms with van der Waals surface area (Å²) in [6, 6.07) is 24.4. The molecule has 1 aromatic heterocycles. The minimum Gasteiger partial charge on any atom is -0.389 e. The number of hydrogen-bond donors (Lipinski definition) is 1. The SMILES string of the molecule is O=c1c2ccccc2c(-c2ccccc2)nn1C[C@H](O)COCc1ccc(Cl)cc1. The molecule has 30 heavy (non-hydrogen) atoms. The van der Waals surface area contributed by atoms with Gasteiger partial charge in [0.25, 0.3) is 5.56 Å². The van der Waals surface area contributed by atoms with Crippen molar-refractivity contribution in [2.45, 2.75) is 19.3 Å². The number of aromatic nitrogens is 2. The first kappa shape index (κ1) is 20.3. The Balaban J connectivity index is 1.54. The number of aliphatic hydroxyl groups is 1. The maximum absolute atomic E-state index is 12.9. The molecule has 4 aromatic rings. The smallest absolute Gasteiger partial charge is 0.274 e. The van der Waals surface area contributed by atoms with Gasteiger partial charge < -0.3 is 9.84 Å². The molecule has 0 spiro atoms. The lowest BCUT2D eigenvalue weighted by Crippen LogP contribution is -2.31. The topological polar surface area (TPSA) is 64.4 Å². The fourth-order valence-corrected chi connectivity index (χ4v) is 3.44. The normalized spacial score (nSPS) is 12.2. The van der Waals surface area contributed by atoms with Crippen LogP contribution in [0.4, 0.5) is 0 Å². The molecular weight excluding hydrogens is 400 g/mol. The largest absolute Gasteiger partial charge is 0.389 e. The fraction of sp³-hybridized carbons (Fsp3) is 0.167. The van der Waals surface area contributed by atoms with Gasteiger partial charge in [-0.05, 0) is 23.8 Å². The monoisotopic (exact) mass is 420 g/mol. The number of rotatable bonds is 7. The number of fused-ring (bicyclic) bond motifs is 1. The van der Waals surface area contributed by atoms with Crippen molar-refractivity contribution in [1.82, 2.24) is 9.78 Å². The van der Waals surface area contributed by atoms with Crippen molar-refractivity contribution in [3.8, 4) is 11.3 Å². The van der Waals surface area contributed by atoms with Crippen LogP contribution < -0.4 is 5.56 Å². The van der Waals surface area contributed by atoms with E-state index in [9.17, 15) is 9.90 Å². The van der Waals surface area contributed by atoms with Crippen molar-refractivity contribution in [3.63, 3.8) is 0 Å². The fourth-order valence-electron chi connectivity index (χ4n) is 3.31. The first-order chi connectivity index (χ1) is 14.6. The molecule has 0 unspecified atom stereocenters. The molecule has 6 heteroatoms. The Morgan fingerprint density at radius 3 is 2.33 bits per heavy atom. The Morgan fingerprint density at radius 2 is 1.60 bits per heavy atom. The van der Waals surface area contributed by atoms with Crippen molar-refractivity contribution in [1.29, 1.82) is 0 Å². The van der Waals surface area contributed by atoms with Crippen LogP contribution in [0.3, 0.4) is 0 Å². The van der Waals surface area contributed by atoms with Crippen LogP contribution in [0.1, 0.15) is 5.56 Å². The predicted octanol–water partition coefficient (Wildman–Crippen LogP) is 4.29. The summed E-state index contributed by atoms with van der Waals surface area (Å²) >= 11 is 5.88. The van der Waals surface area contributed by atoms with Gasteiger partial charge in [-0.1, -0.05) is 72.3 Å². The third-order valence-corrected chi connectivity index (χ3v) is 5.04. The zero-order valence-corrected chi connectivity index (χ0v) is 17.0. The lowest BCUT2D eigenvalue weighted by molar-refractivity contribution is 0.0181. The van der Waals surface area contributed by atoms with Gasteiger partial charge >= 0.3 is 0 Å². The first-order valence-electron chi connectivity index (χ1n) is 9.67. The molecule has 0 fully saturated rings. The molecule has 1 atom stereocenters. The average Bonchev–Trinajstić information content (AvgIpc) is 2.78. The maximum Gasteiger partial charge on any atom is 0.274 e. The zero-order valence-electron chi connectivity index (χ0n) is 16.2. The summed E-state index contributed by atoms with van der Waals surface area (Å²) < 4.78 is 6.92. The molecule has 0 saturated heterocycles. The highest BCUT2D eigenvalue weighted by Crippen LogP contribution is 2.24. The lowest BCUT2D eigenvalue weighted by atomic mass is 10.1. The number of halogens is 1. The summed E-state index contributed by atoms with van der Waals surface area (Å²) in [5.41, 5.74) is 2.34. The molecule has 152 valence electrons. The van der Waals surface area contributed by atoms with E-state index in [2.05, 4.69) is 5.10 Å². The van der Waals surface area contributed by atoms with Crippen molar-refractivity contribution >= 4 is 22.4 Å². The van der Waals surface area contributed by atoms with Crippen LogP contribution in [-0.2, 0) is 17.9 Å². The van der Waals surface area contributed by atoms with Gasteiger partial charge in [0.05, 0.1) is 36.9 Å². The zero-order chi connectivity index (χ0) is 20.9. The minimum atomic E-state index is -0.868. The molecule has 0 radical (unpaired) electrons. The van der Waals surface area contributed by atoms with Gasteiger partial charge in [0.1, 0.15) is 0 Å². The van der Waals surface area contributed by atoms with E-state index in [0.29, 0.717) is 22.7 Å². The number of aliphatic hydroxyl groups excluding tert-OH is 1. The van der Waals surface area contributed by atoms with Crippen LogP contribution in [-0.4, -0.2) is 27.6 Å². The Labute approximate surface area is 179 Å². The number of nitrogens with zero attached hydrogens (tertiary/aromatic N) is 2. The summed E-state index contributed by atoms with van der Waals surface area (Å²) in [6.07, 6.45) is -0.868. The van der Waals surface area contributed by atoms with Gasteiger partial charge in [0, 0.05) is 16.0 Å². The van der Waals surface area contributed by atoms with Crippen molar-refractivity contribution in [2.24, 2.45) is 0 Å². The maximum atomic E-state index is 12.9. The van der Waals surface area contributed by atoms with E-state index in [1.165, 1.54) is 4.68 Å². The highest BCUT2D eigenvalue weighted by molar-refractivity contribution is 6.30. The van der Waals surface area contributed by atoms with Crippen molar-refractivity contribution in [2.75, 3.05) is 6.61 Å². The Bertz CT molecular complexity index is 1190. The third-order valence-electron chi connectivity index (χ3n) is 4.79. The number of hydrogen-bond acceptors (Lipinski definition) is 4. The average molecular weight is 421 g/mol. The second-order valence-corrected chi connectivity index (χ2v) is 7.48. The molecule has 0 bridgehead atoms. The number of benzene rings is 3. The van der Waals surface area contributed by atoms with E-state index in [4.69, 9.17) is 16.3 Å². The molecule has 0 aliphatic carbocycles. The number of ether oxygens (including phenoxy) is 1. The van der Waals surface area contributed by atoms with E-state index in [0.717, 1.165) is 16.5 Å². The van der Waals surface area contributed by atoms with Crippen LogP contribution in [0.15, 0.2) is 83.7 Å². The second-order valence-electron chi connectivity index (χ2n) is 7.04. The standard InChI is InChI=1S/C24H21ClN2O3/c25-19-12-10-17(11-13-19)15-30-16-20(28)14-27-24(29)22-9-5-4-8-21(22)23(26-27)18-6-2-1-3-7-18/h1-13,20,28H,14-16H2/t20-/m0/s1. The van der Waals surface area contributed by atoms with Gasteiger partial charge in [-0.2, -0.15) is 5.10 Å². The molecule has 1 heterocycles. The predicted molar refractivity (Wildman–Crippen MR) is 119 cm³/mol. The highest BCUT2D eigenvalue weighted by atomic mass is 35.5. The second kappa shape index (κ2) is 9.22. The quantitative estimate of drug-likeness (QED) is 0.484. The minimum absolute atomic E-state index is 0.0458. The lowest BCUT2D eigenvalue weighted by Gasteiger charge is -2.15. The van der Waals surface area contributed by atoms with Crippen LogP contribution >= 0.6 is 11.6 Å². The molecule has 4 rings (SSSR count). The summed E-state index contributed by atoms with van der Waals surface area (Å²) in [6.45, 7) is 0.484. The Hall–Kier alpha value is -2.99. The van der Waals surface area contributed by atoms with Gasteiger partial charge in [0.2, 0.25) is 0 Å².